The first kappa shape index (κ1) is 22.3. The number of piperidine rings is 1. The minimum Gasteiger partial charge on any atom is -0.383 e. The van der Waals surface area contributed by atoms with E-state index < -0.39 is 0 Å². The van der Waals surface area contributed by atoms with Gasteiger partial charge in [0, 0.05) is 39.8 Å². The molecule has 1 aliphatic heterocycles. The van der Waals surface area contributed by atoms with E-state index in [1.54, 1.807) is 13.4 Å². The summed E-state index contributed by atoms with van der Waals surface area (Å²) in [5.74, 6) is 1.04. The van der Waals surface area contributed by atoms with E-state index >= 15 is 0 Å². The van der Waals surface area contributed by atoms with Crippen molar-refractivity contribution in [3.8, 4) is 0 Å². The molecule has 8 heteroatoms. The second kappa shape index (κ2) is 10.6. The molecule has 0 unspecified atom stereocenters. The Morgan fingerprint density at radius 3 is 2.74 bits per heavy atom. The Hall–Kier alpha value is -1.90. The number of nitrogens with zero attached hydrogens (tertiary/aromatic N) is 5. The molecule has 0 spiro atoms. The third kappa shape index (κ3) is 5.67. The molecule has 2 aliphatic rings. The monoisotopic (exact) mass is 443 g/mol. The van der Waals surface area contributed by atoms with Gasteiger partial charge in [-0.05, 0) is 49.3 Å². The maximum absolute atomic E-state index is 13.0. The second-order valence-electron chi connectivity index (χ2n) is 8.68. The number of hydrogen-bond acceptors (Lipinski definition) is 6. The van der Waals surface area contributed by atoms with E-state index in [1.165, 1.54) is 42.3 Å². The van der Waals surface area contributed by atoms with Crippen molar-refractivity contribution >= 4 is 17.7 Å². The number of carbonyl (C=O) groups excluding carboxylic acids is 1. The van der Waals surface area contributed by atoms with Gasteiger partial charge in [-0.3, -0.25) is 9.69 Å². The Morgan fingerprint density at radius 1 is 1.29 bits per heavy atom. The highest BCUT2D eigenvalue weighted by Gasteiger charge is 2.31. The minimum atomic E-state index is 0.149. The topological polar surface area (TPSA) is 63.5 Å². The van der Waals surface area contributed by atoms with Crippen LogP contribution in [0.1, 0.15) is 24.0 Å². The zero-order chi connectivity index (χ0) is 21.6. The summed E-state index contributed by atoms with van der Waals surface area (Å²) in [6, 6.07) is 9.46. The van der Waals surface area contributed by atoms with Gasteiger partial charge in [0.2, 0.25) is 5.91 Å². The molecule has 1 amide bonds. The van der Waals surface area contributed by atoms with Crippen molar-refractivity contribution in [3.05, 3.63) is 41.7 Å². The van der Waals surface area contributed by atoms with Crippen LogP contribution < -0.4 is 0 Å². The van der Waals surface area contributed by atoms with E-state index in [0.717, 1.165) is 31.1 Å². The first-order valence-electron chi connectivity index (χ1n) is 11.2. The third-order valence-electron chi connectivity index (χ3n) is 6.49. The van der Waals surface area contributed by atoms with Crippen LogP contribution in [-0.4, -0.2) is 82.2 Å². The molecule has 2 aromatic rings. The van der Waals surface area contributed by atoms with Crippen LogP contribution in [0, 0.1) is 5.92 Å². The largest absolute Gasteiger partial charge is 0.383 e. The number of aryl methyl sites for hydroxylation is 1. The van der Waals surface area contributed by atoms with Crippen LogP contribution in [0.4, 0.5) is 0 Å². The fourth-order valence-electron chi connectivity index (χ4n) is 4.82. The fraction of sp³-hybridized carbons (Fsp3) is 0.609. The lowest BCUT2D eigenvalue weighted by atomic mass is 9.95. The quantitative estimate of drug-likeness (QED) is 0.554. The molecular weight excluding hydrogens is 410 g/mol. The fourth-order valence-corrected chi connectivity index (χ4v) is 5.61. The van der Waals surface area contributed by atoms with Crippen molar-refractivity contribution in [1.29, 1.82) is 0 Å². The average molecular weight is 444 g/mol. The number of likely N-dealkylation sites (tertiary alicyclic amines) is 1. The maximum atomic E-state index is 13.0. The first-order chi connectivity index (χ1) is 15.1. The van der Waals surface area contributed by atoms with E-state index in [1.807, 2.05) is 16.5 Å². The first-order valence-corrected chi connectivity index (χ1v) is 12.2. The van der Waals surface area contributed by atoms with E-state index in [4.69, 9.17) is 4.74 Å². The number of aromatic nitrogens is 3. The molecule has 1 aromatic carbocycles. The van der Waals surface area contributed by atoms with Crippen LogP contribution in [0.25, 0.3) is 0 Å². The van der Waals surface area contributed by atoms with Gasteiger partial charge in [0.15, 0.2) is 5.16 Å². The average Bonchev–Trinajstić information content (AvgIpc) is 3.41. The molecule has 2 heterocycles. The van der Waals surface area contributed by atoms with Crippen molar-refractivity contribution in [3.63, 3.8) is 0 Å². The number of fused-ring (bicyclic) bond motifs is 1. The Kier molecular flexibility index (Phi) is 7.63. The molecular formula is C23H33N5O2S. The van der Waals surface area contributed by atoms with Crippen molar-refractivity contribution in [2.75, 3.05) is 45.6 Å². The number of thioether (sulfide) groups is 1. The third-order valence-corrected chi connectivity index (χ3v) is 7.51. The summed E-state index contributed by atoms with van der Waals surface area (Å²) in [6.07, 6.45) is 6.36. The molecule has 0 bridgehead atoms. The highest BCUT2D eigenvalue weighted by atomic mass is 32.2. The van der Waals surface area contributed by atoms with Gasteiger partial charge in [0.25, 0.3) is 0 Å². The summed E-state index contributed by atoms with van der Waals surface area (Å²) >= 11 is 1.45. The predicted molar refractivity (Wildman–Crippen MR) is 122 cm³/mol. The van der Waals surface area contributed by atoms with E-state index in [9.17, 15) is 4.79 Å². The number of hydrogen-bond donors (Lipinski definition) is 0. The molecule has 31 heavy (non-hydrogen) atoms. The van der Waals surface area contributed by atoms with Crippen molar-refractivity contribution in [2.45, 2.75) is 36.9 Å². The Morgan fingerprint density at radius 2 is 2.06 bits per heavy atom. The molecule has 1 aliphatic carbocycles. The Labute approximate surface area is 189 Å². The summed E-state index contributed by atoms with van der Waals surface area (Å²) < 4.78 is 7.13. The normalized spacial score (nSPS) is 19.5. The molecule has 1 fully saturated rings. The summed E-state index contributed by atoms with van der Waals surface area (Å²) in [4.78, 5) is 17.7. The smallest absolute Gasteiger partial charge is 0.233 e. The van der Waals surface area contributed by atoms with Crippen LogP contribution in [-0.2, 0) is 29.4 Å². The molecule has 168 valence electrons. The summed E-state index contributed by atoms with van der Waals surface area (Å²) in [7, 11) is 3.59. The zero-order valence-corrected chi connectivity index (χ0v) is 19.4. The highest BCUT2D eigenvalue weighted by Crippen LogP contribution is 2.29. The van der Waals surface area contributed by atoms with Gasteiger partial charge < -0.3 is 14.2 Å². The van der Waals surface area contributed by atoms with Crippen molar-refractivity contribution < 1.29 is 9.53 Å². The number of methoxy groups -OCH3 is 1. The molecule has 7 nitrogen and oxygen atoms in total. The Bertz CT molecular complexity index is 848. The van der Waals surface area contributed by atoms with Crippen LogP contribution >= 0.6 is 11.8 Å². The zero-order valence-electron chi connectivity index (χ0n) is 18.6. The van der Waals surface area contributed by atoms with Gasteiger partial charge in [0.05, 0.1) is 12.4 Å². The summed E-state index contributed by atoms with van der Waals surface area (Å²) in [5.41, 5.74) is 3.01. The Balaban J connectivity index is 1.33. The SMILES string of the molecule is COCCN(C[C@@H]1CCCN(C2Cc3ccccc3C2)C1)C(=O)CSc1nncn1C. The standard InChI is InChI=1S/C23H33N5O2S/c1-26-17-24-25-23(26)31-16-22(29)28(10-11-30-2)15-18-6-5-9-27(14-18)21-12-19-7-3-4-8-20(19)13-21/h3-4,7-8,17-18,21H,5-6,9-16H2,1-2H3/t18-/m1/s1. The number of rotatable bonds is 9. The molecule has 1 saturated heterocycles. The number of ether oxygens (including phenoxy) is 1. The lowest BCUT2D eigenvalue weighted by Crippen LogP contribution is -2.47. The summed E-state index contributed by atoms with van der Waals surface area (Å²) in [6.45, 7) is 4.25. The van der Waals surface area contributed by atoms with Gasteiger partial charge in [-0.15, -0.1) is 10.2 Å². The molecule has 0 saturated carbocycles. The molecule has 0 radical (unpaired) electrons. The number of benzene rings is 1. The second-order valence-corrected chi connectivity index (χ2v) is 9.62. The van der Waals surface area contributed by atoms with Gasteiger partial charge >= 0.3 is 0 Å². The minimum absolute atomic E-state index is 0.149. The van der Waals surface area contributed by atoms with E-state index in [0.29, 0.717) is 30.9 Å². The van der Waals surface area contributed by atoms with E-state index in [-0.39, 0.29) is 5.91 Å². The van der Waals surface area contributed by atoms with Gasteiger partial charge in [-0.1, -0.05) is 36.0 Å². The maximum Gasteiger partial charge on any atom is 0.233 e. The number of carbonyl (C=O) groups is 1. The lowest BCUT2D eigenvalue weighted by molar-refractivity contribution is -0.130. The van der Waals surface area contributed by atoms with Crippen LogP contribution in [0.15, 0.2) is 35.7 Å². The van der Waals surface area contributed by atoms with E-state index in [2.05, 4.69) is 39.4 Å². The van der Waals surface area contributed by atoms with Crippen molar-refractivity contribution in [2.24, 2.45) is 13.0 Å². The summed E-state index contributed by atoms with van der Waals surface area (Å²) in [5, 5.41) is 8.73. The van der Waals surface area contributed by atoms with Crippen molar-refractivity contribution in [1.82, 2.24) is 24.6 Å². The van der Waals surface area contributed by atoms with Gasteiger partial charge in [-0.25, -0.2) is 0 Å². The molecule has 0 N–H and O–H groups in total. The lowest BCUT2D eigenvalue weighted by Gasteiger charge is -2.38. The number of amides is 1. The molecule has 4 rings (SSSR count). The highest BCUT2D eigenvalue weighted by molar-refractivity contribution is 7.99. The van der Waals surface area contributed by atoms with Gasteiger partial charge in [0.1, 0.15) is 6.33 Å². The van der Waals surface area contributed by atoms with Crippen LogP contribution in [0.2, 0.25) is 0 Å². The van der Waals surface area contributed by atoms with Crippen LogP contribution in [0.5, 0.6) is 0 Å². The van der Waals surface area contributed by atoms with Gasteiger partial charge in [-0.2, -0.15) is 0 Å². The van der Waals surface area contributed by atoms with Crippen LogP contribution in [0.3, 0.4) is 0 Å². The molecule has 1 atom stereocenters. The predicted octanol–water partition coefficient (Wildman–Crippen LogP) is 2.26. The molecule has 1 aromatic heterocycles.